The van der Waals surface area contributed by atoms with E-state index >= 15 is 0 Å². The molecule has 1 saturated carbocycles. The van der Waals surface area contributed by atoms with Crippen molar-refractivity contribution in [3.05, 3.63) is 29.0 Å². The van der Waals surface area contributed by atoms with Crippen molar-refractivity contribution in [1.82, 2.24) is 9.97 Å². The maximum Gasteiger partial charge on any atom is 0.137 e. The topological polar surface area (TPSA) is 58.0 Å². The van der Waals surface area contributed by atoms with Crippen LogP contribution in [0, 0.1) is 0 Å². The lowest BCUT2D eigenvalue weighted by Crippen LogP contribution is -2.54. The molecule has 0 radical (unpaired) electrons. The third kappa shape index (κ3) is 3.03. The summed E-state index contributed by atoms with van der Waals surface area (Å²) in [4.78, 5) is 8.59. The molecule has 4 nitrogen and oxygen atoms in total. The average molecular weight is 368 g/mol. The molecular formula is C15H18BrN3OS. The van der Waals surface area contributed by atoms with Crippen molar-refractivity contribution in [2.45, 2.75) is 30.6 Å². The molecule has 2 aromatic rings. The number of benzene rings is 1. The minimum Gasteiger partial charge on any atom is -0.387 e. The van der Waals surface area contributed by atoms with Crippen LogP contribution in [0.2, 0.25) is 0 Å². The van der Waals surface area contributed by atoms with Crippen molar-refractivity contribution < 1.29 is 5.11 Å². The van der Waals surface area contributed by atoms with E-state index in [2.05, 4.69) is 38.1 Å². The zero-order chi connectivity index (χ0) is 14.9. The number of fused-ring (bicyclic) bond motifs is 1. The van der Waals surface area contributed by atoms with E-state index in [4.69, 9.17) is 0 Å². The smallest absolute Gasteiger partial charge is 0.137 e. The van der Waals surface area contributed by atoms with Gasteiger partial charge in [-0.25, -0.2) is 9.97 Å². The molecule has 2 unspecified atom stereocenters. The standard InChI is InChI=1S/C15H18BrN3OS/c1-2-21-13-5-6-15(13,20)8-17-14-11-7-10(16)3-4-12(11)18-9-19-14/h3-4,7,9,13,20H,2,5-6,8H2,1H3,(H,17,18,19). The van der Waals surface area contributed by atoms with Gasteiger partial charge in [0.1, 0.15) is 12.1 Å². The average Bonchev–Trinajstić information content (AvgIpc) is 2.49. The molecule has 3 rings (SSSR count). The number of halogens is 1. The second-order valence-corrected chi connectivity index (χ2v) is 7.72. The number of hydrogen-bond acceptors (Lipinski definition) is 5. The molecule has 2 atom stereocenters. The predicted molar refractivity (Wildman–Crippen MR) is 91.8 cm³/mol. The van der Waals surface area contributed by atoms with Gasteiger partial charge in [0, 0.05) is 21.7 Å². The summed E-state index contributed by atoms with van der Waals surface area (Å²) >= 11 is 5.31. The fourth-order valence-corrected chi connectivity index (χ4v) is 4.20. The fraction of sp³-hybridized carbons (Fsp3) is 0.467. The molecule has 112 valence electrons. The van der Waals surface area contributed by atoms with Crippen LogP contribution in [0.5, 0.6) is 0 Å². The first-order valence-corrected chi connectivity index (χ1v) is 8.95. The van der Waals surface area contributed by atoms with Gasteiger partial charge in [0.2, 0.25) is 0 Å². The minimum atomic E-state index is -0.621. The molecule has 1 aromatic carbocycles. The van der Waals surface area contributed by atoms with Crippen LogP contribution in [0.3, 0.4) is 0 Å². The Hall–Kier alpha value is -0.850. The summed E-state index contributed by atoms with van der Waals surface area (Å²) in [7, 11) is 0. The number of rotatable bonds is 5. The molecule has 1 aliphatic carbocycles. The van der Waals surface area contributed by atoms with E-state index in [1.54, 1.807) is 6.33 Å². The van der Waals surface area contributed by atoms with E-state index in [9.17, 15) is 5.11 Å². The van der Waals surface area contributed by atoms with Gasteiger partial charge >= 0.3 is 0 Å². The molecule has 1 aliphatic rings. The lowest BCUT2D eigenvalue weighted by molar-refractivity contribution is -0.0120. The Morgan fingerprint density at radius 3 is 3.05 bits per heavy atom. The summed E-state index contributed by atoms with van der Waals surface area (Å²) in [6.07, 6.45) is 3.50. The van der Waals surface area contributed by atoms with Crippen molar-refractivity contribution in [3.63, 3.8) is 0 Å². The van der Waals surface area contributed by atoms with Gasteiger partial charge in [-0.15, -0.1) is 0 Å². The fourth-order valence-electron chi connectivity index (χ4n) is 2.64. The van der Waals surface area contributed by atoms with Gasteiger partial charge in [-0.3, -0.25) is 0 Å². The number of thioether (sulfide) groups is 1. The number of anilines is 1. The molecule has 0 amide bonds. The first-order chi connectivity index (χ1) is 10.1. The SMILES string of the molecule is CCSC1CCC1(O)CNc1ncnc2ccc(Br)cc12. The molecule has 0 saturated heterocycles. The van der Waals surface area contributed by atoms with E-state index in [0.29, 0.717) is 11.8 Å². The van der Waals surface area contributed by atoms with Gasteiger partial charge in [-0.05, 0) is 36.8 Å². The van der Waals surface area contributed by atoms with Crippen molar-refractivity contribution in [1.29, 1.82) is 0 Å². The highest BCUT2D eigenvalue weighted by atomic mass is 79.9. The highest BCUT2D eigenvalue weighted by molar-refractivity contribution is 9.10. The normalized spacial score (nSPS) is 24.8. The Morgan fingerprint density at radius 2 is 2.33 bits per heavy atom. The number of aromatic nitrogens is 2. The summed E-state index contributed by atoms with van der Waals surface area (Å²) in [5.41, 5.74) is 0.278. The second kappa shape index (κ2) is 6.10. The highest BCUT2D eigenvalue weighted by Crippen LogP contribution is 2.41. The van der Waals surface area contributed by atoms with E-state index in [1.165, 1.54) is 0 Å². The highest BCUT2D eigenvalue weighted by Gasteiger charge is 2.45. The first kappa shape index (κ1) is 15.1. The summed E-state index contributed by atoms with van der Waals surface area (Å²) < 4.78 is 0.995. The van der Waals surface area contributed by atoms with Crippen LogP contribution in [0.15, 0.2) is 29.0 Å². The first-order valence-electron chi connectivity index (χ1n) is 7.10. The number of nitrogens with zero attached hydrogens (tertiary/aromatic N) is 2. The molecular weight excluding hydrogens is 350 g/mol. The Bertz CT molecular complexity index is 654. The maximum absolute atomic E-state index is 10.7. The largest absolute Gasteiger partial charge is 0.387 e. The number of hydrogen-bond donors (Lipinski definition) is 2. The Labute approximate surface area is 136 Å². The summed E-state index contributed by atoms with van der Waals surface area (Å²) in [5, 5.41) is 15.3. The van der Waals surface area contributed by atoms with Crippen molar-refractivity contribution in [2.24, 2.45) is 0 Å². The molecule has 0 spiro atoms. The van der Waals surface area contributed by atoms with Gasteiger partial charge in [0.15, 0.2) is 0 Å². The predicted octanol–water partition coefficient (Wildman–Crippen LogP) is 3.45. The van der Waals surface area contributed by atoms with Crippen LogP contribution >= 0.6 is 27.7 Å². The molecule has 1 heterocycles. The lowest BCUT2D eigenvalue weighted by Gasteiger charge is -2.45. The Balaban J connectivity index is 1.78. The Morgan fingerprint density at radius 1 is 1.48 bits per heavy atom. The number of nitrogens with one attached hydrogen (secondary N) is 1. The zero-order valence-electron chi connectivity index (χ0n) is 11.8. The monoisotopic (exact) mass is 367 g/mol. The Kier molecular flexibility index (Phi) is 4.38. The van der Waals surface area contributed by atoms with Crippen molar-refractivity contribution >= 4 is 44.4 Å². The van der Waals surface area contributed by atoms with Gasteiger partial charge in [-0.2, -0.15) is 11.8 Å². The molecule has 2 N–H and O–H groups in total. The van der Waals surface area contributed by atoms with Crippen LogP contribution in [-0.4, -0.2) is 38.2 Å². The zero-order valence-corrected chi connectivity index (χ0v) is 14.2. The van der Waals surface area contributed by atoms with E-state index in [-0.39, 0.29) is 0 Å². The van der Waals surface area contributed by atoms with E-state index in [0.717, 1.165) is 39.8 Å². The minimum absolute atomic E-state index is 0.329. The van der Waals surface area contributed by atoms with Gasteiger partial charge in [0.25, 0.3) is 0 Å². The quantitative estimate of drug-likeness (QED) is 0.847. The summed E-state index contributed by atoms with van der Waals surface area (Å²) in [5.74, 6) is 1.82. The molecule has 1 aromatic heterocycles. The van der Waals surface area contributed by atoms with Gasteiger partial charge in [-0.1, -0.05) is 22.9 Å². The molecule has 21 heavy (non-hydrogen) atoms. The van der Waals surface area contributed by atoms with Crippen molar-refractivity contribution in [2.75, 3.05) is 17.6 Å². The van der Waals surface area contributed by atoms with Gasteiger partial charge < -0.3 is 10.4 Å². The number of aliphatic hydroxyl groups is 1. The second-order valence-electron chi connectivity index (χ2n) is 5.32. The van der Waals surface area contributed by atoms with Crippen LogP contribution < -0.4 is 5.32 Å². The third-order valence-electron chi connectivity index (χ3n) is 3.97. The van der Waals surface area contributed by atoms with E-state index in [1.807, 2.05) is 30.0 Å². The molecule has 6 heteroatoms. The summed E-state index contributed by atoms with van der Waals surface area (Å²) in [6, 6.07) is 5.92. The molecule has 0 bridgehead atoms. The maximum atomic E-state index is 10.7. The third-order valence-corrected chi connectivity index (χ3v) is 5.87. The van der Waals surface area contributed by atoms with Crippen LogP contribution in [0.1, 0.15) is 19.8 Å². The van der Waals surface area contributed by atoms with Gasteiger partial charge in [0.05, 0.1) is 11.1 Å². The van der Waals surface area contributed by atoms with Crippen LogP contribution in [-0.2, 0) is 0 Å². The van der Waals surface area contributed by atoms with E-state index < -0.39 is 5.60 Å². The molecule has 0 aliphatic heterocycles. The lowest BCUT2D eigenvalue weighted by atomic mass is 9.79. The molecule has 1 fully saturated rings. The van der Waals surface area contributed by atoms with Crippen LogP contribution in [0.25, 0.3) is 10.9 Å². The summed E-state index contributed by atoms with van der Waals surface area (Å²) in [6.45, 7) is 2.66. The van der Waals surface area contributed by atoms with Crippen LogP contribution in [0.4, 0.5) is 5.82 Å². The van der Waals surface area contributed by atoms with Crippen molar-refractivity contribution in [3.8, 4) is 0 Å².